The van der Waals surface area contributed by atoms with Gasteiger partial charge in [-0.2, -0.15) is 5.10 Å². The Morgan fingerprint density at radius 3 is 2.60 bits per heavy atom. The summed E-state index contributed by atoms with van der Waals surface area (Å²) in [5.41, 5.74) is 1.56. The first-order valence-corrected chi connectivity index (χ1v) is 9.13. The van der Waals surface area contributed by atoms with Crippen molar-refractivity contribution in [3.05, 3.63) is 52.8 Å². The van der Waals surface area contributed by atoms with Crippen molar-refractivity contribution in [1.82, 2.24) is 14.7 Å². The highest BCUT2D eigenvalue weighted by Crippen LogP contribution is 2.25. The quantitative estimate of drug-likeness (QED) is 0.890. The lowest BCUT2D eigenvalue weighted by Gasteiger charge is -2.34. The molecule has 1 aliphatic heterocycles. The van der Waals surface area contributed by atoms with Crippen molar-refractivity contribution >= 4 is 17.5 Å². The molecule has 25 heavy (non-hydrogen) atoms. The molecule has 0 spiro atoms. The summed E-state index contributed by atoms with van der Waals surface area (Å²) in [7, 11) is 1.75. The normalized spacial score (nSPS) is 16.8. The van der Waals surface area contributed by atoms with Crippen molar-refractivity contribution in [2.45, 2.75) is 31.8 Å². The monoisotopic (exact) mass is 361 g/mol. The number of aryl methyl sites for hydroxylation is 2. The van der Waals surface area contributed by atoms with E-state index in [1.807, 2.05) is 18.2 Å². The Hall–Kier alpha value is -1.85. The van der Waals surface area contributed by atoms with Crippen LogP contribution in [0.3, 0.4) is 0 Å². The lowest BCUT2D eigenvalue weighted by molar-refractivity contribution is 0.0433. The van der Waals surface area contributed by atoms with Gasteiger partial charge in [-0.1, -0.05) is 41.9 Å². The third kappa shape index (κ3) is 4.41. The van der Waals surface area contributed by atoms with Gasteiger partial charge in [0, 0.05) is 26.3 Å². The molecule has 1 amide bonds. The zero-order valence-electron chi connectivity index (χ0n) is 14.4. The number of piperidine rings is 1. The number of aromatic nitrogens is 2. The summed E-state index contributed by atoms with van der Waals surface area (Å²) in [4.78, 5) is 14.3. The van der Waals surface area contributed by atoms with Crippen LogP contribution in [0.1, 0.15) is 35.3 Å². The van der Waals surface area contributed by atoms with E-state index in [4.69, 9.17) is 11.6 Å². The molecule has 1 fully saturated rings. The molecular formula is C19H24ClN3O2. The van der Waals surface area contributed by atoms with E-state index in [0.717, 1.165) is 25.7 Å². The number of carbonyl (C=O) groups excluding carboxylic acids is 1. The summed E-state index contributed by atoms with van der Waals surface area (Å²) < 4.78 is 1.55. The molecule has 3 rings (SSSR count). The fraction of sp³-hybridized carbons (Fsp3) is 0.474. The number of hydrogen-bond acceptors (Lipinski definition) is 3. The molecule has 5 nitrogen and oxygen atoms in total. The Morgan fingerprint density at radius 1 is 1.32 bits per heavy atom. The number of halogens is 1. The van der Waals surface area contributed by atoms with Crippen LogP contribution in [0.5, 0.6) is 0 Å². The first-order valence-electron chi connectivity index (χ1n) is 8.75. The van der Waals surface area contributed by atoms with E-state index in [9.17, 15) is 9.90 Å². The number of hydrogen-bond donors (Lipinski definition) is 1. The third-order valence-corrected chi connectivity index (χ3v) is 5.21. The topological polar surface area (TPSA) is 58.4 Å². The summed E-state index contributed by atoms with van der Waals surface area (Å²) in [6, 6.07) is 10.2. The Morgan fingerprint density at radius 2 is 2.00 bits per heavy atom. The number of likely N-dealkylation sites (tertiary alicyclic amines) is 1. The standard InChI is InChI=1S/C19H24ClN3O2/c1-22-13-16(20)18(21-22)19(25)23-11-9-15(10-12-23)17(24)8-7-14-5-3-2-4-6-14/h2-6,13,15,17,24H,7-12H2,1H3. The first-order chi connectivity index (χ1) is 12.0. The Labute approximate surface area is 153 Å². The summed E-state index contributed by atoms with van der Waals surface area (Å²) in [5, 5.41) is 15.0. The summed E-state index contributed by atoms with van der Waals surface area (Å²) in [6.07, 6.45) is 4.57. The van der Waals surface area contributed by atoms with Gasteiger partial charge in [0.25, 0.3) is 5.91 Å². The number of carbonyl (C=O) groups is 1. The average Bonchev–Trinajstić information content (AvgIpc) is 2.98. The zero-order valence-corrected chi connectivity index (χ0v) is 15.2. The van der Waals surface area contributed by atoms with Gasteiger partial charge in [0.05, 0.1) is 11.1 Å². The van der Waals surface area contributed by atoms with Gasteiger partial charge < -0.3 is 10.0 Å². The molecule has 1 unspecified atom stereocenters. The summed E-state index contributed by atoms with van der Waals surface area (Å²) in [5.74, 6) is 0.120. The van der Waals surface area contributed by atoms with Gasteiger partial charge >= 0.3 is 0 Å². The van der Waals surface area contributed by atoms with Crippen LogP contribution in [0.25, 0.3) is 0 Å². The number of aliphatic hydroxyl groups is 1. The van der Waals surface area contributed by atoms with Gasteiger partial charge in [0.15, 0.2) is 5.69 Å². The molecule has 1 aromatic heterocycles. The van der Waals surface area contributed by atoms with E-state index in [2.05, 4.69) is 17.2 Å². The lowest BCUT2D eigenvalue weighted by Crippen LogP contribution is -2.41. The molecule has 2 heterocycles. The van der Waals surface area contributed by atoms with Gasteiger partial charge in [-0.3, -0.25) is 9.48 Å². The van der Waals surface area contributed by atoms with Crippen molar-refractivity contribution in [2.75, 3.05) is 13.1 Å². The highest BCUT2D eigenvalue weighted by molar-refractivity contribution is 6.33. The van der Waals surface area contributed by atoms with E-state index in [1.165, 1.54) is 5.56 Å². The number of rotatable bonds is 5. The minimum absolute atomic E-state index is 0.122. The zero-order chi connectivity index (χ0) is 17.8. The number of aliphatic hydroxyl groups excluding tert-OH is 1. The fourth-order valence-electron chi connectivity index (χ4n) is 3.44. The lowest BCUT2D eigenvalue weighted by atomic mass is 9.88. The second-order valence-electron chi connectivity index (χ2n) is 6.72. The predicted molar refractivity (Wildman–Crippen MR) is 97.6 cm³/mol. The average molecular weight is 362 g/mol. The molecule has 1 aromatic carbocycles. The summed E-state index contributed by atoms with van der Waals surface area (Å²) >= 11 is 6.07. The van der Waals surface area contributed by atoms with E-state index >= 15 is 0 Å². The molecule has 0 saturated carbocycles. The van der Waals surface area contributed by atoms with Crippen LogP contribution < -0.4 is 0 Å². The second kappa shape index (κ2) is 8.02. The van der Waals surface area contributed by atoms with E-state index in [1.54, 1.807) is 22.8 Å². The van der Waals surface area contributed by atoms with Gasteiger partial charge in [-0.15, -0.1) is 0 Å². The van der Waals surface area contributed by atoms with Crippen LogP contribution in [-0.4, -0.2) is 44.9 Å². The Balaban J connectivity index is 1.49. The largest absolute Gasteiger partial charge is 0.393 e. The molecular weight excluding hydrogens is 338 g/mol. The molecule has 6 heteroatoms. The molecule has 1 atom stereocenters. The van der Waals surface area contributed by atoms with Gasteiger partial charge in [-0.05, 0) is 37.2 Å². The predicted octanol–water partition coefficient (Wildman–Crippen LogP) is 2.92. The smallest absolute Gasteiger partial charge is 0.275 e. The second-order valence-corrected chi connectivity index (χ2v) is 7.13. The van der Waals surface area contributed by atoms with Crippen LogP contribution in [0.2, 0.25) is 5.02 Å². The maximum Gasteiger partial charge on any atom is 0.275 e. The highest BCUT2D eigenvalue weighted by atomic mass is 35.5. The van der Waals surface area contributed by atoms with Gasteiger partial charge in [0.1, 0.15) is 0 Å². The van der Waals surface area contributed by atoms with Crippen LogP contribution >= 0.6 is 11.6 Å². The molecule has 1 N–H and O–H groups in total. The molecule has 0 radical (unpaired) electrons. The van der Waals surface area contributed by atoms with Crippen molar-refractivity contribution in [2.24, 2.45) is 13.0 Å². The highest BCUT2D eigenvalue weighted by Gasteiger charge is 2.29. The molecule has 1 saturated heterocycles. The van der Waals surface area contributed by atoms with Crippen molar-refractivity contribution in [3.63, 3.8) is 0 Å². The van der Waals surface area contributed by atoms with Crippen LogP contribution in [0, 0.1) is 5.92 Å². The third-order valence-electron chi connectivity index (χ3n) is 4.93. The van der Waals surface area contributed by atoms with Gasteiger partial charge in [0.2, 0.25) is 0 Å². The van der Waals surface area contributed by atoms with Crippen molar-refractivity contribution in [1.29, 1.82) is 0 Å². The van der Waals surface area contributed by atoms with Crippen LogP contribution in [0.15, 0.2) is 36.5 Å². The molecule has 1 aliphatic rings. The number of benzene rings is 1. The van der Waals surface area contributed by atoms with Crippen LogP contribution in [0.4, 0.5) is 0 Å². The van der Waals surface area contributed by atoms with Crippen molar-refractivity contribution < 1.29 is 9.90 Å². The van der Waals surface area contributed by atoms with Gasteiger partial charge in [-0.25, -0.2) is 0 Å². The first kappa shape index (κ1) is 18.0. The molecule has 2 aromatic rings. The van der Waals surface area contributed by atoms with Crippen molar-refractivity contribution in [3.8, 4) is 0 Å². The van der Waals surface area contributed by atoms with E-state index < -0.39 is 0 Å². The van der Waals surface area contributed by atoms with Crippen LogP contribution in [-0.2, 0) is 13.5 Å². The summed E-state index contributed by atoms with van der Waals surface area (Å²) in [6.45, 7) is 1.28. The van der Waals surface area contributed by atoms with E-state index in [-0.39, 0.29) is 17.9 Å². The maximum absolute atomic E-state index is 12.5. The number of nitrogens with zero attached hydrogens (tertiary/aromatic N) is 3. The number of amides is 1. The minimum atomic E-state index is -0.323. The van der Waals surface area contributed by atoms with E-state index in [0.29, 0.717) is 23.8 Å². The molecule has 0 aliphatic carbocycles. The fourth-order valence-corrected chi connectivity index (χ4v) is 3.70. The Bertz CT molecular complexity index is 709. The molecule has 0 bridgehead atoms. The Kier molecular flexibility index (Phi) is 5.76. The molecule has 134 valence electrons. The minimum Gasteiger partial charge on any atom is -0.393 e. The SMILES string of the molecule is Cn1cc(Cl)c(C(=O)N2CCC(C(O)CCc3ccccc3)CC2)n1. The maximum atomic E-state index is 12.5.